The van der Waals surface area contributed by atoms with Crippen LogP contribution in [-0.2, 0) is 9.59 Å². The summed E-state index contributed by atoms with van der Waals surface area (Å²) < 4.78 is 0. The lowest BCUT2D eigenvalue weighted by atomic mass is 10.0. The molecule has 0 aromatic rings. The molecular formula is C11H20N2O3. The summed E-state index contributed by atoms with van der Waals surface area (Å²) in [5, 5.41) is 14.7. The fourth-order valence-corrected chi connectivity index (χ4v) is 1.87. The molecule has 0 aromatic carbocycles. The second-order valence-corrected chi connectivity index (χ2v) is 4.31. The van der Waals surface area contributed by atoms with Crippen molar-refractivity contribution < 1.29 is 14.7 Å². The molecule has 16 heavy (non-hydrogen) atoms. The molecule has 3 N–H and O–H groups in total. The number of carbonyl (C=O) groups is 2. The Kier molecular flexibility index (Phi) is 5.25. The monoisotopic (exact) mass is 228 g/mol. The number of aliphatic carboxylic acids is 1. The van der Waals surface area contributed by atoms with E-state index < -0.39 is 11.9 Å². The van der Waals surface area contributed by atoms with E-state index in [1.165, 1.54) is 0 Å². The van der Waals surface area contributed by atoms with Crippen molar-refractivity contribution in [3.63, 3.8) is 0 Å². The molecule has 0 saturated carbocycles. The maximum atomic E-state index is 11.5. The summed E-state index contributed by atoms with van der Waals surface area (Å²) in [4.78, 5) is 22.2. The van der Waals surface area contributed by atoms with Crippen LogP contribution in [0.4, 0.5) is 0 Å². The molecule has 2 atom stereocenters. The number of rotatable bonds is 6. The number of carboxylic acid groups (broad SMARTS) is 1. The van der Waals surface area contributed by atoms with E-state index in [9.17, 15) is 9.59 Å². The van der Waals surface area contributed by atoms with E-state index in [4.69, 9.17) is 5.11 Å². The predicted molar refractivity (Wildman–Crippen MR) is 60.0 cm³/mol. The van der Waals surface area contributed by atoms with Gasteiger partial charge in [0.25, 0.3) is 0 Å². The minimum absolute atomic E-state index is 0.0339. The summed E-state index contributed by atoms with van der Waals surface area (Å²) >= 11 is 0. The Balaban J connectivity index is 2.20. The topological polar surface area (TPSA) is 78.4 Å². The molecule has 5 heteroatoms. The second-order valence-electron chi connectivity index (χ2n) is 4.31. The lowest BCUT2D eigenvalue weighted by Crippen LogP contribution is -2.33. The number of hydrogen-bond acceptors (Lipinski definition) is 3. The van der Waals surface area contributed by atoms with Crippen LogP contribution in [-0.4, -0.2) is 36.6 Å². The molecule has 2 unspecified atom stereocenters. The quantitative estimate of drug-likeness (QED) is 0.607. The van der Waals surface area contributed by atoms with Crippen LogP contribution in [0.25, 0.3) is 0 Å². The van der Waals surface area contributed by atoms with E-state index in [0.717, 1.165) is 19.5 Å². The van der Waals surface area contributed by atoms with Crippen LogP contribution in [0.3, 0.4) is 0 Å². The Morgan fingerprint density at radius 2 is 2.31 bits per heavy atom. The van der Waals surface area contributed by atoms with E-state index in [1.807, 2.05) is 6.92 Å². The average molecular weight is 228 g/mol. The largest absolute Gasteiger partial charge is 0.481 e. The highest BCUT2D eigenvalue weighted by Crippen LogP contribution is 2.11. The van der Waals surface area contributed by atoms with Gasteiger partial charge in [-0.05, 0) is 31.8 Å². The third-order valence-electron chi connectivity index (χ3n) is 3.02. The molecule has 1 aliphatic rings. The molecule has 1 saturated heterocycles. The maximum absolute atomic E-state index is 11.5. The molecule has 0 aliphatic carbocycles. The van der Waals surface area contributed by atoms with Crippen molar-refractivity contribution in [2.45, 2.75) is 26.2 Å². The summed E-state index contributed by atoms with van der Waals surface area (Å²) in [7, 11) is 0. The Morgan fingerprint density at radius 1 is 1.56 bits per heavy atom. The van der Waals surface area contributed by atoms with Crippen molar-refractivity contribution >= 4 is 11.9 Å². The molecule has 0 radical (unpaired) electrons. The number of nitrogens with one attached hydrogen (secondary N) is 2. The number of amides is 1. The molecular weight excluding hydrogens is 208 g/mol. The smallest absolute Gasteiger partial charge is 0.308 e. The Hall–Kier alpha value is -1.10. The lowest BCUT2D eigenvalue weighted by molar-refractivity contribution is -0.141. The van der Waals surface area contributed by atoms with Crippen LogP contribution in [0.15, 0.2) is 0 Å². The third kappa shape index (κ3) is 4.18. The molecule has 0 aromatic heterocycles. The average Bonchev–Trinajstić information content (AvgIpc) is 2.70. The molecule has 92 valence electrons. The van der Waals surface area contributed by atoms with E-state index >= 15 is 0 Å². The zero-order valence-corrected chi connectivity index (χ0v) is 9.66. The first kappa shape index (κ1) is 13.0. The Morgan fingerprint density at radius 3 is 2.81 bits per heavy atom. The van der Waals surface area contributed by atoms with Crippen molar-refractivity contribution in [2.24, 2.45) is 11.8 Å². The molecule has 1 heterocycles. The highest BCUT2D eigenvalue weighted by atomic mass is 16.4. The second kappa shape index (κ2) is 6.48. The number of carbonyl (C=O) groups excluding carboxylic acids is 1. The summed E-state index contributed by atoms with van der Waals surface area (Å²) in [6, 6.07) is 0. The van der Waals surface area contributed by atoms with Crippen molar-refractivity contribution in [2.75, 3.05) is 19.6 Å². The van der Waals surface area contributed by atoms with Gasteiger partial charge >= 0.3 is 5.97 Å². The zero-order chi connectivity index (χ0) is 12.0. The van der Waals surface area contributed by atoms with Crippen molar-refractivity contribution in [1.82, 2.24) is 10.6 Å². The third-order valence-corrected chi connectivity index (χ3v) is 3.02. The number of carboxylic acids is 1. The van der Waals surface area contributed by atoms with Gasteiger partial charge in [-0.2, -0.15) is 0 Å². The fraction of sp³-hybridized carbons (Fsp3) is 0.818. The van der Waals surface area contributed by atoms with Gasteiger partial charge in [0.1, 0.15) is 0 Å². The van der Waals surface area contributed by atoms with Gasteiger partial charge in [0, 0.05) is 13.0 Å². The van der Waals surface area contributed by atoms with E-state index in [-0.39, 0.29) is 12.5 Å². The van der Waals surface area contributed by atoms with Gasteiger partial charge < -0.3 is 15.7 Å². The summed E-state index contributed by atoms with van der Waals surface area (Å²) in [5.41, 5.74) is 0. The minimum atomic E-state index is -0.842. The van der Waals surface area contributed by atoms with Gasteiger partial charge in [-0.25, -0.2) is 0 Å². The number of hydrogen-bond donors (Lipinski definition) is 3. The van der Waals surface area contributed by atoms with Crippen molar-refractivity contribution in [1.29, 1.82) is 0 Å². The molecule has 5 nitrogen and oxygen atoms in total. The predicted octanol–water partition coefficient (Wildman–Crippen LogP) is 0.213. The van der Waals surface area contributed by atoms with E-state index in [2.05, 4.69) is 10.6 Å². The van der Waals surface area contributed by atoms with Gasteiger partial charge in [-0.1, -0.05) is 6.92 Å². The van der Waals surface area contributed by atoms with Gasteiger partial charge in [0.2, 0.25) is 5.91 Å². The standard InChI is InChI=1S/C11H20N2O3/c1-2-9(11(15)16)7-13-10(14)5-8-3-4-12-6-8/h8-9,12H,2-7H2,1H3,(H,13,14)(H,15,16). The summed E-state index contributed by atoms with van der Waals surface area (Å²) in [6.07, 6.45) is 2.08. The van der Waals surface area contributed by atoms with E-state index in [0.29, 0.717) is 18.8 Å². The molecule has 0 bridgehead atoms. The minimum Gasteiger partial charge on any atom is -0.481 e. The molecule has 1 fully saturated rings. The van der Waals surface area contributed by atoms with Gasteiger partial charge in [0.05, 0.1) is 5.92 Å². The SMILES string of the molecule is CCC(CNC(=O)CC1CCNC1)C(=O)O. The van der Waals surface area contributed by atoms with Gasteiger partial charge in [-0.3, -0.25) is 9.59 Å². The van der Waals surface area contributed by atoms with Crippen LogP contribution in [0.5, 0.6) is 0 Å². The van der Waals surface area contributed by atoms with Crippen LogP contribution in [0, 0.1) is 11.8 Å². The lowest BCUT2D eigenvalue weighted by Gasteiger charge is -2.12. The Labute approximate surface area is 95.6 Å². The first-order chi connectivity index (χ1) is 7.63. The first-order valence-corrected chi connectivity index (χ1v) is 5.83. The Bertz CT molecular complexity index is 250. The normalized spacial score (nSPS) is 21.7. The van der Waals surface area contributed by atoms with Crippen LogP contribution < -0.4 is 10.6 Å². The van der Waals surface area contributed by atoms with Gasteiger partial charge in [-0.15, -0.1) is 0 Å². The molecule has 1 amide bonds. The molecule has 0 spiro atoms. The molecule has 1 aliphatic heterocycles. The van der Waals surface area contributed by atoms with Crippen molar-refractivity contribution in [3.05, 3.63) is 0 Å². The van der Waals surface area contributed by atoms with Crippen molar-refractivity contribution in [3.8, 4) is 0 Å². The maximum Gasteiger partial charge on any atom is 0.308 e. The first-order valence-electron chi connectivity index (χ1n) is 5.83. The van der Waals surface area contributed by atoms with Crippen LogP contribution in [0.1, 0.15) is 26.2 Å². The highest BCUT2D eigenvalue weighted by Gasteiger charge is 2.20. The van der Waals surface area contributed by atoms with Crippen LogP contribution >= 0.6 is 0 Å². The van der Waals surface area contributed by atoms with E-state index in [1.54, 1.807) is 0 Å². The summed E-state index contributed by atoms with van der Waals surface area (Å²) in [6.45, 7) is 3.92. The molecule has 1 rings (SSSR count). The fourth-order valence-electron chi connectivity index (χ4n) is 1.87. The summed E-state index contributed by atoms with van der Waals surface area (Å²) in [5.74, 6) is -0.936. The highest BCUT2D eigenvalue weighted by molar-refractivity contribution is 5.77. The van der Waals surface area contributed by atoms with Crippen LogP contribution in [0.2, 0.25) is 0 Å². The zero-order valence-electron chi connectivity index (χ0n) is 9.66. The van der Waals surface area contributed by atoms with Gasteiger partial charge in [0.15, 0.2) is 0 Å².